The number of aromatic nitrogens is 2. The lowest BCUT2D eigenvalue weighted by Crippen LogP contribution is -2.47. The van der Waals surface area contributed by atoms with Crippen LogP contribution in [0.3, 0.4) is 0 Å². The molecule has 1 aromatic rings. The van der Waals surface area contributed by atoms with Crippen molar-refractivity contribution in [3.8, 4) is 0 Å². The molecule has 5 heteroatoms. The number of fused-ring (bicyclic) bond motifs is 4. The zero-order chi connectivity index (χ0) is 15.1. The molecule has 2 atom stereocenters. The fraction of sp³-hybridized carbons (Fsp3) is 0.765. The van der Waals surface area contributed by atoms with Crippen LogP contribution in [0, 0.1) is 11.8 Å². The van der Waals surface area contributed by atoms with Gasteiger partial charge in [-0.25, -0.2) is 0 Å². The van der Waals surface area contributed by atoms with Gasteiger partial charge in [0, 0.05) is 45.5 Å². The molecule has 1 aromatic heterocycles. The molecule has 120 valence electrons. The Kier molecular flexibility index (Phi) is 3.68. The van der Waals surface area contributed by atoms with Gasteiger partial charge in [0.1, 0.15) is 5.69 Å². The highest BCUT2D eigenvalue weighted by Crippen LogP contribution is 2.33. The Balaban J connectivity index is 1.46. The van der Waals surface area contributed by atoms with E-state index in [2.05, 4.69) is 14.9 Å². The highest BCUT2D eigenvalue weighted by atomic mass is 16.2. The molecule has 0 unspecified atom stereocenters. The monoisotopic (exact) mass is 302 g/mol. The summed E-state index contributed by atoms with van der Waals surface area (Å²) in [5, 5.41) is 4.29. The maximum absolute atomic E-state index is 12.7. The SMILES string of the molecule is Cn1ccc(C(=O)N2C[C@@H]3CC[C@H](C2)N(CC2CCC2)C3)n1. The molecule has 2 bridgehead atoms. The Hall–Kier alpha value is -1.36. The first kappa shape index (κ1) is 14.2. The molecule has 4 fully saturated rings. The van der Waals surface area contributed by atoms with Crippen LogP contribution in [0.1, 0.15) is 42.6 Å². The summed E-state index contributed by atoms with van der Waals surface area (Å²) in [5.74, 6) is 1.67. The average Bonchev–Trinajstić information content (AvgIpc) is 2.70. The Morgan fingerprint density at radius 3 is 2.77 bits per heavy atom. The number of carbonyl (C=O) groups excluding carboxylic acids is 1. The van der Waals surface area contributed by atoms with Crippen LogP contribution < -0.4 is 0 Å². The lowest BCUT2D eigenvalue weighted by molar-refractivity contribution is 0.0711. The highest BCUT2D eigenvalue weighted by Gasteiger charge is 2.38. The number of carbonyl (C=O) groups is 1. The molecule has 22 heavy (non-hydrogen) atoms. The second-order valence-electron chi connectivity index (χ2n) is 7.43. The third-order valence-corrected chi connectivity index (χ3v) is 5.76. The second kappa shape index (κ2) is 5.69. The van der Waals surface area contributed by atoms with E-state index in [1.54, 1.807) is 4.68 Å². The smallest absolute Gasteiger partial charge is 0.274 e. The van der Waals surface area contributed by atoms with Crippen LogP contribution in [0.4, 0.5) is 0 Å². The minimum absolute atomic E-state index is 0.114. The van der Waals surface area contributed by atoms with E-state index in [9.17, 15) is 4.79 Å². The van der Waals surface area contributed by atoms with E-state index in [1.807, 2.05) is 19.3 Å². The lowest BCUT2D eigenvalue weighted by atomic mass is 9.83. The van der Waals surface area contributed by atoms with E-state index in [4.69, 9.17) is 0 Å². The zero-order valence-electron chi connectivity index (χ0n) is 13.4. The number of rotatable bonds is 3. The van der Waals surface area contributed by atoms with Crippen LogP contribution in [-0.4, -0.2) is 57.7 Å². The van der Waals surface area contributed by atoms with Gasteiger partial charge in [0.2, 0.25) is 0 Å². The fourth-order valence-electron chi connectivity index (χ4n) is 4.27. The molecule has 1 amide bonds. The minimum Gasteiger partial charge on any atom is -0.335 e. The van der Waals surface area contributed by atoms with Gasteiger partial charge in [-0.3, -0.25) is 14.4 Å². The molecule has 4 aliphatic rings. The molecule has 3 aliphatic heterocycles. The molecule has 0 aromatic carbocycles. The van der Waals surface area contributed by atoms with Gasteiger partial charge in [-0.05, 0) is 43.6 Å². The van der Waals surface area contributed by atoms with Crippen LogP contribution in [0.2, 0.25) is 0 Å². The van der Waals surface area contributed by atoms with Gasteiger partial charge >= 0.3 is 0 Å². The number of hydrogen-bond donors (Lipinski definition) is 0. The summed E-state index contributed by atoms with van der Waals surface area (Å²) >= 11 is 0. The molecular formula is C17H26N4O. The minimum atomic E-state index is 0.114. The Bertz CT molecular complexity index is 551. The van der Waals surface area contributed by atoms with Crippen LogP contribution >= 0.6 is 0 Å². The molecule has 0 radical (unpaired) electrons. The Labute approximate surface area is 132 Å². The van der Waals surface area contributed by atoms with Crippen molar-refractivity contribution in [1.29, 1.82) is 0 Å². The van der Waals surface area contributed by atoms with Crippen molar-refractivity contribution in [2.75, 3.05) is 26.2 Å². The van der Waals surface area contributed by atoms with Gasteiger partial charge < -0.3 is 4.90 Å². The van der Waals surface area contributed by atoms with E-state index < -0.39 is 0 Å². The molecule has 0 N–H and O–H groups in total. The summed E-state index contributed by atoms with van der Waals surface area (Å²) < 4.78 is 1.71. The summed E-state index contributed by atoms with van der Waals surface area (Å²) in [6.07, 6.45) is 8.61. The third-order valence-electron chi connectivity index (χ3n) is 5.76. The lowest BCUT2D eigenvalue weighted by Gasteiger charge is -2.40. The van der Waals surface area contributed by atoms with Gasteiger partial charge in [0.15, 0.2) is 0 Å². The van der Waals surface area contributed by atoms with Crippen LogP contribution in [0.15, 0.2) is 12.3 Å². The van der Waals surface area contributed by atoms with Gasteiger partial charge in [-0.2, -0.15) is 5.10 Å². The number of amides is 1. The van der Waals surface area contributed by atoms with Crippen LogP contribution in [0.5, 0.6) is 0 Å². The van der Waals surface area contributed by atoms with Crippen molar-refractivity contribution in [3.63, 3.8) is 0 Å². The first-order valence-corrected chi connectivity index (χ1v) is 8.72. The number of piperidine rings is 1. The molecule has 4 heterocycles. The van der Waals surface area contributed by atoms with E-state index in [0.29, 0.717) is 17.7 Å². The first-order chi connectivity index (χ1) is 10.7. The van der Waals surface area contributed by atoms with E-state index in [1.165, 1.54) is 45.2 Å². The highest BCUT2D eigenvalue weighted by molar-refractivity contribution is 5.92. The van der Waals surface area contributed by atoms with E-state index >= 15 is 0 Å². The van der Waals surface area contributed by atoms with Gasteiger partial charge in [-0.1, -0.05) is 6.42 Å². The number of aryl methyl sites for hydroxylation is 1. The molecule has 1 saturated carbocycles. The molecule has 3 saturated heterocycles. The largest absolute Gasteiger partial charge is 0.335 e. The van der Waals surface area contributed by atoms with Gasteiger partial charge in [-0.15, -0.1) is 0 Å². The Morgan fingerprint density at radius 1 is 1.23 bits per heavy atom. The summed E-state index contributed by atoms with van der Waals surface area (Å²) in [6.45, 7) is 4.24. The van der Waals surface area contributed by atoms with Crippen LogP contribution in [-0.2, 0) is 7.05 Å². The Morgan fingerprint density at radius 2 is 2.09 bits per heavy atom. The normalized spacial score (nSPS) is 29.4. The van der Waals surface area contributed by atoms with Gasteiger partial charge in [0.25, 0.3) is 5.91 Å². The molecule has 1 aliphatic carbocycles. The van der Waals surface area contributed by atoms with E-state index in [0.717, 1.165) is 19.0 Å². The summed E-state index contributed by atoms with van der Waals surface area (Å²) in [6, 6.07) is 2.40. The number of nitrogens with zero attached hydrogens (tertiary/aromatic N) is 4. The van der Waals surface area contributed by atoms with Crippen molar-refractivity contribution in [2.24, 2.45) is 18.9 Å². The second-order valence-corrected chi connectivity index (χ2v) is 7.43. The zero-order valence-corrected chi connectivity index (χ0v) is 13.4. The van der Waals surface area contributed by atoms with Crippen molar-refractivity contribution >= 4 is 5.91 Å². The molecular weight excluding hydrogens is 276 g/mol. The predicted molar refractivity (Wildman–Crippen MR) is 84.5 cm³/mol. The maximum Gasteiger partial charge on any atom is 0.274 e. The standard InChI is InChI=1S/C17H26N4O/c1-19-8-7-16(18-19)17(22)21-11-14-5-6-15(12-21)20(10-14)9-13-3-2-4-13/h7-8,13-15H,2-6,9-12H2,1H3/t14-,15-/m1/s1. The fourth-order valence-corrected chi connectivity index (χ4v) is 4.27. The summed E-state index contributed by atoms with van der Waals surface area (Å²) in [4.78, 5) is 17.5. The quantitative estimate of drug-likeness (QED) is 0.854. The van der Waals surface area contributed by atoms with Crippen molar-refractivity contribution in [2.45, 2.75) is 38.1 Å². The maximum atomic E-state index is 12.7. The molecule has 0 spiro atoms. The van der Waals surface area contributed by atoms with Crippen LogP contribution in [0.25, 0.3) is 0 Å². The number of hydrogen-bond acceptors (Lipinski definition) is 3. The summed E-state index contributed by atoms with van der Waals surface area (Å²) in [7, 11) is 1.86. The molecule has 5 nitrogen and oxygen atoms in total. The average molecular weight is 302 g/mol. The van der Waals surface area contributed by atoms with Crippen molar-refractivity contribution in [3.05, 3.63) is 18.0 Å². The topological polar surface area (TPSA) is 41.4 Å². The van der Waals surface area contributed by atoms with Gasteiger partial charge in [0.05, 0.1) is 0 Å². The third kappa shape index (κ3) is 2.67. The summed E-state index contributed by atoms with van der Waals surface area (Å²) in [5.41, 5.74) is 0.592. The van der Waals surface area contributed by atoms with Crippen molar-refractivity contribution in [1.82, 2.24) is 19.6 Å². The molecule has 5 rings (SSSR count). The predicted octanol–water partition coefficient (Wildman–Crippen LogP) is 1.76. The van der Waals surface area contributed by atoms with E-state index in [-0.39, 0.29) is 5.91 Å². The first-order valence-electron chi connectivity index (χ1n) is 8.72. The van der Waals surface area contributed by atoms with Crippen molar-refractivity contribution < 1.29 is 4.79 Å².